The molecule has 5 atom stereocenters. The topological polar surface area (TPSA) is 148 Å². The number of aliphatic hydroxyl groups excluding tert-OH is 6. The second-order valence-electron chi connectivity index (χ2n) is 6.68. The molecule has 0 aromatic rings. The van der Waals surface area contributed by atoms with Crippen LogP contribution in [-0.2, 0) is 9.53 Å². The number of unbranched alkanes of at least 4 members (excludes halogenated alkanes) is 8. The zero-order chi connectivity index (χ0) is 19.9. The Labute approximate surface area is 155 Å². The number of aliphatic hydroxyl groups is 6. The van der Waals surface area contributed by atoms with Gasteiger partial charge in [-0.15, -0.1) is 0 Å². The minimum absolute atomic E-state index is 0.0809. The molecule has 8 nitrogen and oxygen atoms in total. The molecule has 0 heterocycles. The molecular weight excluding hydrogens is 344 g/mol. The zero-order valence-corrected chi connectivity index (χ0v) is 15.7. The van der Waals surface area contributed by atoms with Crippen molar-refractivity contribution in [2.24, 2.45) is 0 Å². The average Bonchev–Trinajstić information content (AvgIpc) is 2.63. The van der Waals surface area contributed by atoms with Crippen molar-refractivity contribution in [3.63, 3.8) is 0 Å². The second kappa shape index (κ2) is 15.3. The number of hydrogen-bond donors (Lipinski definition) is 6. The van der Waals surface area contributed by atoms with Crippen molar-refractivity contribution in [2.45, 2.75) is 102 Å². The van der Waals surface area contributed by atoms with E-state index < -0.39 is 43.3 Å². The van der Waals surface area contributed by atoms with Gasteiger partial charge in [0.05, 0.1) is 6.61 Å². The molecule has 0 aliphatic carbocycles. The number of rotatable bonds is 16. The summed E-state index contributed by atoms with van der Waals surface area (Å²) in [6.07, 6.45) is 0.284. The molecule has 0 rings (SSSR count). The highest BCUT2D eigenvalue weighted by molar-refractivity contribution is 5.69. The number of carbonyl (C=O) groups is 1. The molecule has 0 radical (unpaired) electrons. The smallest absolute Gasteiger partial charge is 0.308 e. The van der Waals surface area contributed by atoms with Gasteiger partial charge in [-0.2, -0.15) is 0 Å². The van der Waals surface area contributed by atoms with Gasteiger partial charge in [0.15, 0.2) is 0 Å². The minimum atomic E-state index is -2.03. The summed E-state index contributed by atoms with van der Waals surface area (Å²) in [5, 5.41) is 56.2. The summed E-state index contributed by atoms with van der Waals surface area (Å²) in [4.78, 5) is 11.6. The minimum Gasteiger partial charge on any atom is -0.433 e. The third kappa shape index (κ3) is 11.1. The van der Waals surface area contributed by atoms with Crippen LogP contribution in [0.3, 0.4) is 0 Å². The molecule has 1 unspecified atom stereocenters. The lowest BCUT2D eigenvalue weighted by molar-refractivity contribution is -0.213. The van der Waals surface area contributed by atoms with Crippen LogP contribution >= 0.6 is 0 Å². The Morgan fingerprint density at radius 2 is 1.27 bits per heavy atom. The molecule has 0 aliphatic heterocycles. The van der Waals surface area contributed by atoms with Crippen LogP contribution in [0.4, 0.5) is 0 Å². The summed E-state index contributed by atoms with van der Waals surface area (Å²) < 4.78 is 4.62. The second-order valence-corrected chi connectivity index (χ2v) is 6.68. The maximum atomic E-state index is 11.6. The summed E-state index contributed by atoms with van der Waals surface area (Å²) in [5.74, 6) is -0.719. The van der Waals surface area contributed by atoms with Crippen LogP contribution in [0.1, 0.15) is 71.1 Å². The van der Waals surface area contributed by atoms with E-state index >= 15 is 0 Å². The predicted molar refractivity (Wildman–Crippen MR) is 95.1 cm³/mol. The van der Waals surface area contributed by atoms with Crippen molar-refractivity contribution in [1.82, 2.24) is 0 Å². The Kier molecular flexibility index (Phi) is 14.9. The summed E-state index contributed by atoms with van der Waals surface area (Å²) in [6, 6.07) is 0. The van der Waals surface area contributed by atoms with E-state index in [0.717, 1.165) is 19.3 Å². The van der Waals surface area contributed by atoms with Crippen LogP contribution in [0.25, 0.3) is 0 Å². The molecule has 0 aromatic carbocycles. The first-order chi connectivity index (χ1) is 12.3. The molecule has 0 spiro atoms. The lowest BCUT2D eigenvalue weighted by Crippen LogP contribution is -2.50. The van der Waals surface area contributed by atoms with E-state index in [-0.39, 0.29) is 6.42 Å². The van der Waals surface area contributed by atoms with Crippen LogP contribution in [0.15, 0.2) is 0 Å². The van der Waals surface area contributed by atoms with Gasteiger partial charge in [0, 0.05) is 6.42 Å². The third-order valence-corrected chi connectivity index (χ3v) is 4.31. The van der Waals surface area contributed by atoms with Crippen molar-refractivity contribution >= 4 is 5.97 Å². The predicted octanol–water partition coefficient (Wildman–Crippen LogP) is 0.205. The fourth-order valence-corrected chi connectivity index (χ4v) is 2.55. The fraction of sp³-hybridized carbons (Fsp3) is 0.944. The van der Waals surface area contributed by atoms with Crippen LogP contribution in [-0.4, -0.2) is 73.9 Å². The molecule has 6 N–H and O–H groups in total. The molecule has 156 valence electrons. The number of esters is 1. The van der Waals surface area contributed by atoms with E-state index in [1.807, 2.05) is 0 Å². The zero-order valence-electron chi connectivity index (χ0n) is 15.7. The molecule has 0 fully saturated rings. The quantitative estimate of drug-likeness (QED) is 0.126. The molecule has 0 amide bonds. The van der Waals surface area contributed by atoms with Gasteiger partial charge in [-0.25, -0.2) is 0 Å². The normalized spacial score (nSPS) is 17.3. The lowest BCUT2D eigenvalue weighted by atomic mass is 10.0. The Bertz CT molecular complexity index is 352. The maximum absolute atomic E-state index is 11.6. The molecule has 26 heavy (non-hydrogen) atoms. The molecule has 0 bridgehead atoms. The molecule has 8 heteroatoms. The molecule has 0 saturated heterocycles. The largest absolute Gasteiger partial charge is 0.433 e. The highest BCUT2D eigenvalue weighted by atomic mass is 16.6. The lowest BCUT2D eigenvalue weighted by Gasteiger charge is -2.28. The molecular formula is C18H36O8. The molecule has 0 saturated carbocycles. The van der Waals surface area contributed by atoms with Crippen molar-refractivity contribution < 1.29 is 40.2 Å². The van der Waals surface area contributed by atoms with E-state index in [4.69, 9.17) is 5.11 Å². The highest BCUT2D eigenvalue weighted by Crippen LogP contribution is 2.13. The van der Waals surface area contributed by atoms with Crippen LogP contribution < -0.4 is 0 Å². The van der Waals surface area contributed by atoms with Gasteiger partial charge in [-0.1, -0.05) is 58.3 Å². The number of carbonyl (C=O) groups excluding carboxylic acids is 1. The van der Waals surface area contributed by atoms with Crippen LogP contribution in [0.2, 0.25) is 0 Å². The van der Waals surface area contributed by atoms with Gasteiger partial charge in [-0.05, 0) is 6.42 Å². The summed E-state index contributed by atoms with van der Waals surface area (Å²) in [5.41, 5.74) is 0. The monoisotopic (exact) mass is 380 g/mol. The Morgan fingerprint density at radius 1 is 0.769 bits per heavy atom. The standard InChI is InChI=1S/C18H36O8/c1-2-3-4-5-6-7-8-9-10-11-14(21)26-18(25)17(24)16(23)15(22)13(20)12-19/h13,15-20,22-25H,2-12H2,1H3/t13-,15-,16+,17+,18?/m1/s1. The first-order valence-corrected chi connectivity index (χ1v) is 9.55. The molecule has 0 aromatic heterocycles. The summed E-state index contributed by atoms with van der Waals surface area (Å²) >= 11 is 0. The first-order valence-electron chi connectivity index (χ1n) is 9.55. The van der Waals surface area contributed by atoms with Gasteiger partial charge >= 0.3 is 5.97 Å². The fourth-order valence-electron chi connectivity index (χ4n) is 2.55. The average molecular weight is 380 g/mol. The van der Waals surface area contributed by atoms with E-state index in [9.17, 15) is 30.3 Å². The van der Waals surface area contributed by atoms with E-state index in [1.54, 1.807) is 0 Å². The van der Waals surface area contributed by atoms with Gasteiger partial charge < -0.3 is 35.4 Å². The van der Waals surface area contributed by atoms with Crippen molar-refractivity contribution in [3.05, 3.63) is 0 Å². The molecule has 0 aliphatic rings. The number of hydrogen-bond acceptors (Lipinski definition) is 8. The van der Waals surface area contributed by atoms with Crippen LogP contribution in [0, 0.1) is 0 Å². The van der Waals surface area contributed by atoms with Gasteiger partial charge in [-0.3, -0.25) is 4.79 Å². The van der Waals surface area contributed by atoms with E-state index in [1.165, 1.54) is 32.1 Å². The maximum Gasteiger partial charge on any atom is 0.308 e. The van der Waals surface area contributed by atoms with Crippen molar-refractivity contribution in [3.8, 4) is 0 Å². The van der Waals surface area contributed by atoms with Gasteiger partial charge in [0.2, 0.25) is 6.29 Å². The van der Waals surface area contributed by atoms with E-state index in [2.05, 4.69) is 11.7 Å². The van der Waals surface area contributed by atoms with Crippen molar-refractivity contribution in [1.29, 1.82) is 0 Å². The van der Waals surface area contributed by atoms with Crippen LogP contribution in [0.5, 0.6) is 0 Å². The Morgan fingerprint density at radius 3 is 1.77 bits per heavy atom. The summed E-state index contributed by atoms with van der Waals surface area (Å²) in [7, 11) is 0. The summed E-state index contributed by atoms with van der Waals surface area (Å²) in [6.45, 7) is 1.34. The SMILES string of the molecule is CCCCCCCCCCCC(=O)OC(O)[C@@H](O)[C@@H](O)[C@H](O)[C@H](O)CO. The third-order valence-electron chi connectivity index (χ3n) is 4.31. The highest BCUT2D eigenvalue weighted by Gasteiger charge is 2.35. The first kappa shape index (κ1) is 25.2. The van der Waals surface area contributed by atoms with E-state index in [0.29, 0.717) is 6.42 Å². The van der Waals surface area contributed by atoms with Gasteiger partial charge in [0.25, 0.3) is 0 Å². The Hall–Kier alpha value is -0.770. The number of ether oxygens (including phenoxy) is 1. The van der Waals surface area contributed by atoms with Crippen molar-refractivity contribution in [2.75, 3.05) is 6.61 Å². The van der Waals surface area contributed by atoms with Gasteiger partial charge in [0.1, 0.15) is 24.4 Å². The Balaban J connectivity index is 3.87.